The molecule has 0 fully saturated rings. The fourth-order valence-electron chi connectivity index (χ4n) is 2.03. The lowest BCUT2D eigenvalue weighted by molar-refractivity contribution is 0.651. The van der Waals surface area contributed by atoms with E-state index in [9.17, 15) is 0 Å². The maximum Gasteiger partial charge on any atom is 0.0662 e. The summed E-state index contributed by atoms with van der Waals surface area (Å²) in [4.78, 5) is 0. The van der Waals surface area contributed by atoms with E-state index in [1.54, 1.807) is 0 Å². The van der Waals surface area contributed by atoms with Crippen LogP contribution in [0.15, 0.2) is 34.9 Å². The molecule has 0 aliphatic carbocycles. The smallest absolute Gasteiger partial charge is 0.0662 e. The van der Waals surface area contributed by atoms with Crippen molar-refractivity contribution in [3.63, 3.8) is 0 Å². The first-order valence-electron chi connectivity index (χ1n) is 6.67. The number of hydrogen-bond acceptors (Lipinski definition) is 2. The van der Waals surface area contributed by atoms with E-state index in [2.05, 4.69) is 63.1 Å². The van der Waals surface area contributed by atoms with Gasteiger partial charge in [-0.05, 0) is 37.6 Å². The van der Waals surface area contributed by atoms with E-state index in [0.717, 1.165) is 30.5 Å². The molecule has 19 heavy (non-hydrogen) atoms. The van der Waals surface area contributed by atoms with Crippen LogP contribution in [0.2, 0.25) is 0 Å². The molecule has 0 radical (unpaired) electrons. The highest BCUT2D eigenvalue weighted by Gasteiger charge is 2.06. The maximum atomic E-state index is 4.48. The first-order chi connectivity index (χ1) is 9.20. The van der Waals surface area contributed by atoms with E-state index in [1.165, 1.54) is 16.8 Å². The van der Waals surface area contributed by atoms with Crippen LogP contribution in [0.3, 0.4) is 0 Å². The van der Waals surface area contributed by atoms with E-state index >= 15 is 0 Å². The van der Waals surface area contributed by atoms with Crippen LogP contribution in [-0.2, 0) is 13.1 Å². The molecule has 0 unspecified atom stereocenters. The average molecular weight is 322 g/mol. The van der Waals surface area contributed by atoms with E-state index < -0.39 is 0 Å². The van der Waals surface area contributed by atoms with Crippen molar-refractivity contribution in [1.29, 1.82) is 0 Å². The van der Waals surface area contributed by atoms with Gasteiger partial charge < -0.3 is 5.32 Å². The molecule has 0 aliphatic rings. The molecule has 0 aliphatic heterocycles. The van der Waals surface area contributed by atoms with Gasteiger partial charge in [0.2, 0.25) is 0 Å². The second kappa shape index (κ2) is 6.87. The lowest BCUT2D eigenvalue weighted by Gasteiger charge is -2.07. The molecule has 4 heteroatoms. The summed E-state index contributed by atoms with van der Waals surface area (Å²) >= 11 is 3.50. The molecule has 0 amide bonds. The summed E-state index contributed by atoms with van der Waals surface area (Å²) in [5.74, 6) is 0. The van der Waals surface area contributed by atoms with Gasteiger partial charge in [-0.25, -0.2) is 0 Å². The van der Waals surface area contributed by atoms with Gasteiger partial charge in [0.1, 0.15) is 0 Å². The van der Waals surface area contributed by atoms with Crippen molar-refractivity contribution in [2.45, 2.75) is 33.4 Å². The number of nitrogens with zero attached hydrogens (tertiary/aromatic N) is 2. The minimum absolute atomic E-state index is 0.819. The van der Waals surface area contributed by atoms with Crippen molar-refractivity contribution in [1.82, 2.24) is 15.1 Å². The van der Waals surface area contributed by atoms with Crippen LogP contribution in [0.25, 0.3) is 0 Å². The zero-order valence-corrected chi connectivity index (χ0v) is 13.1. The maximum absolute atomic E-state index is 4.48. The van der Waals surface area contributed by atoms with Gasteiger partial charge in [-0.2, -0.15) is 5.10 Å². The Morgan fingerprint density at radius 2 is 2.21 bits per heavy atom. The molecule has 1 N–H and O–H groups in total. The van der Waals surface area contributed by atoms with Gasteiger partial charge in [-0.1, -0.05) is 35.0 Å². The number of aromatic nitrogens is 2. The fourth-order valence-corrected chi connectivity index (χ4v) is 2.47. The molecule has 0 saturated heterocycles. The van der Waals surface area contributed by atoms with Crippen molar-refractivity contribution in [2.75, 3.05) is 6.54 Å². The van der Waals surface area contributed by atoms with E-state index in [1.807, 2.05) is 12.3 Å². The summed E-state index contributed by atoms with van der Waals surface area (Å²) in [6.07, 6.45) is 3.13. The average Bonchev–Trinajstić information content (AvgIpc) is 2.72. The minimum atomic E-state index is 0.819. The molecule has 1 aromatic carbocycles. The highest BCUT2D eigenvalue weighted by atomic mass is 79.9. The second-order valence-corrected chi connectivity index (χ2v) is 5.64. The summed E-state index contributed by atoms with van der Waals surface area (Å²) in [6.45, 7) is 7.08. The number of nitrogens with one attached hydrogen (secondary N) is 1. The van der Waals surface area contributed by atoms with Gasteiger partial charge in [-0.15, -0.1) is 0 Å². The molecule has 2 rings (SSSR count). The number of rotatable bonds is 6. The van der Waals surface area contributed by atoms with Crippen LogP contribution >= 0.6 is 15.9 Å². The molecule has 1 heterocycles. The van der Waals surface area contributed by atoms with E-state index in [0.29, 0.717) is 0 Å². The van der Waals surface area contributed by atoms with Crippen LogP contribution in [0.1, 0.15) is 30.2 Å². The monoisotopic (exact) mass is 321 g/mol. The summed E-state index contributed by atoms with van der Waals surface area (Å²) in [5.41, 5.74) is 3.78. The van der Waals surface area contributed by atoms with Crippen LogP contribution < -0.4 is 5.32 Å². The zero-order valence-electron chi connectivity index (χ0n) is 11.5. The predicted octanol–water partition coefficient (Wildman–Crippen LogP) is 3.50. The zero-order chi connectivity index (χ0) is 13.7. The van der Waals surface area contributed by atoms with Crippen molar-refractivity contribution in [3.05, 3.63) is 51.8 Å². The summed E-state index contributed by atoms with van der Waals surface area (Å²) in [6, 6.07) is 8.36. The largest absolute Gasteiger partial charge is 0.313 e. The topological polar surface area (TPSA) is 29.9 Å². The summed E-state index contributed by atoms with van der Waals surface area (Å²) in [5, 5.41) is 7.90. The Morgan fingerprint density at radius 1 is 1.37 bits per heavy atom. The number of halogens is 1. The Morgan fingerprint density at radius 3 is 2.95 bits per heavy atom. The van der Waals surface area contributed by atoms with Crippen LogP contribution in [0, 0.1) is 6.92 Å². The first kappa shape index (κ1) is 14.3. The molecule has 3 nitrogen and oxygen atoms in total. The molecule has 2 aromatic rings. The second-order valence-electron chi connectivity index (χ2n) is 4.72. The quantitative estimate of drug-likeness (QED) is 0.825. The Kier molecular flexibility index (Phi) is 5.16. The van der Waals surface area contributed by atoms with Crippen molar-refractivity contribution < 1.29 is 0 Å². The summed E-state index contributed by atoms with van der Waals surface area (Å²) in [7, 11) is 0. The van der Waals surface area contributed by atoms with Crippen molar-refractivity contribution in [3.8, 4) is 0 Å². The van der Waals surface area contributed by atoms with Gasteiger partial charge in [-0.3, -0.25) is 4.68 Å². The third-order valence-corrected chi connectivity index (χ3v) is 3.66. The Bertz CT molecular complexity index is 534. The molecule has 1 aromatic heterocycles. The minimum Gasteiger partial charge on any atom is -0.313 e. The van der Waals surface area contributed by atoms with Crippen LogP contribution in [-0.4, -0.2) is 16.3 Å². The SMILES string of the molecule is CCCNCc1cnn(Cc2cccc(Br)c2)c1C. The van der Waals surface area contributed by atoms with Crippen LogP contribution in [0.5, 0.6) is 0 Å². The standard InChI is InChI=1S/C15H20BrN3/c1-3-7-17-9-14-10-18-19(12(14)2)11-13-5-4-6-15(16)8-13/h4-6,8,10,17H,3,7,9,11H2,1-2H3. The normalized spacial score (nSPS) is 10.9. The van der Waals surface area contributed by atoms with Crippen LogP contribution in [0.4, 0.5) is 0 Å². The third kappa shape index (κ3) is 3.91. The Balaban J connectivity index is 2.05. The molecule has 0 saturated carbocycles. The number of benzene rings is 1. The first-order valence-corrected chi connectivity index (χ1v) is 7.46. The highest BCUT2D eigenvalue weighted by Crippen LogP contribution is 2.14. The van der Waals surface area contributed by atoms with E-state index in [4.69, 9.17) is 0 Å². The Labute approximate surface area is 123 Å². The van der Waals surface area contributed by atoms with E-state index in [-0.39, 0.29) is 0 Å². The van der Waals surface area contributed by atoms with Gasteiger partial charge in [0.25, 0.3) is 0 Å². The lowest BCUT2D eigenvalue weighted by atomic mass is 10.2. The lowest BCUT2D eigenvalue weighted by Crippen LogP contribution is -2.14. The molecule has 0 atom stereocenters. The molecular weight excluding hydrogens is 302 g/mol. The molecule has 0 bridgehead atoms. The van der Waals surface area contributed by atoms with Crippen molar-refractivity contribution >= 4 is 15.9 Å². The molecule has 0 spiro atoms. The van der Waals surface area contributed by atoms with Gasteiger partial charge in [0.15, 0.2) is 0 Å². The molecule has 102 valence electrons. The molecular formula is C15H20BrN3. The van der Waals surface area contributed by atoms with Gasteiger partial charge in [0.05, 0.1) is 12.7 Å². The van der Waals surface area contributed by atoms with Gasteiger partial charge in [0, 0.05) is 22.3 Å². The predicted molar refractivity (Wildman–Crippen MR) is 82.2 cm³/mol. The summed E-state index contributed by atoms with van der Waals surface area (Å²) < 4.78 is 3.17. The van der Waals surface area contributed by atoms with Gasteiger partial charge >= 0.3 is 0 Å². The Hall–Kier alpha value is -1.13. The fraction of sp³-hybridized carbons (Fsp3) is 0.400. The number of hydrogen-bond donors (Lipinski definition) is 1. The van der Waals surface area contributed by atoms with Crippen molar-refractivity contribution in [2.24, 2.45) is 0 Å². The third-order valence-electron chi connectivity index (χ3n) is 3.17. The highest BCUT2D eigenvalue weighted by molar-refractivity contribution is 9.10.